The van der Waals surface area contributed by atoms with E-state index in [0.29, 0.717) is 11.7 Å². The standard InChI is InChI=1S/C11H18N4O/c1-8-6-10(13-15(8)3)11(16)14(2)9-4-5-12-7-9/h6,9,12H,4-5,7H2,1-3H3. The average Bonchev–Trinajstić information content (AvgIpc) is 2.87. The van der Waals surface area contributed by atoms with Crippen molar-refractivity contribution in [2.24, 2.45) is 7.05 Å². The maximum Gasteiger partial charge on any atom is 0.274 e. The molecule has 5 nitrogen and oxygen atoms in total. The lowest BCUT2D eigenvalue weighted by molar-refractivity contribution is 0.0737. The molecule has 0 saturated carbocycles. The first-order valence-corrected chi connectivity index (χ1v) is 5.58. The minimum atomic E-state index is 0.0115. The second-order valence-electron chi connectivity index (χ2n) is 4.36. The molecule has 0 radical (unpaired) electrons. The fourth-order valence-electron chi connectivity index (χ4n) is 1.98. The molecule has 1 saturated heterocycles. The first kappa shape index (κ1) is 11.1. The fourth-order valence-corrected chi connectivity index (χ4v) is 1.98. The Morgan fingerprint density at radius 2 is 2.44 bits per heavy atom. The van der Waals surface area contributed by atoms with Crippen LogP contribution in [-0.2, 0) is 7.05 Å². The topological polar surface area (TPSA) is 50.2 Å². The Balaban J connectivity index is 2.11. The van der Waals surface area contributed by atoms with Crippen molar-refractivity contribution in [3.05, 3.63) is 17.5 Å². The van der Waals surface area contributed by atoms with E-state index in [-0.39, 0.29) is 5.91 Å². The van der Waals surface area contributed by atoms with Gasteiger partial charge in [0, 0.05) is 32.4 Å². The second kappa shape index (κ2) is 4.25. The van der Waals surface area contributed by atoms with Crippen LogP contribution >= 0.6 is 0 Å². The molecule has 1 atom stereocenters. The predicted octanol–water partition coefficient (Wildman–Crippen LogP) is 0.162. The zero-order chi connectivity index (χ0) is 11.7. The molecule has 0 aromatic carbocycles. The van der Waals surface area contributed by atoms with Crippen molar-refractivity contribution in [2.75, 3.05) is 20.1 Å². The smallest absolute Gasteiger partial charge is 0.274 e. The quantitative estimate of drug-likeness (QED) is 0.775. The molecular formula is C11H18N4O. The maximum atomic E-state index is 12.1. The van der Waals surface area contributed by atoms with Gasteiger partial charge in [0.2, 0.25) is 0 Å². The zero-order valence-corrected chi connectivity index (χ0v) is 10.0. The van der Waals surface area contributed by atoms with Crippen LogP contribution < -0.4 is 5.32 Å². The van der Waals surface area contributed by atoms with Crippen LogP contribution in [0.1, 0.15) is 22.6 Å². The Labute approximate surface area is 95.4 Å². The van der Waals surface area contributed by atoms with Gasteiger partial charge < -0.3 is 10.2 Å². The Morgan fingerprint density at radius 3 is 2.94 bits per heavy atom. The van der Waals surface area contributed by atoms with Crippen LogP contribution in [0.15, 0.2) is 6.07 Å². The van der Waals surface area contributed by atoms with Crippen LogP contribution in [0.2, 0.25) is 0 Å². The van der Waals surface area contributed by atoms with Gasteiger partial charge in [0.05, 0.1) is 0 Å². The molecule has 1 aliphatic heterocycles. The van der Waals surface area contributed by atoms with Crippen LogP contribution in [0.25, 0.3) is 0 Å². The molecule has 88 valence electrons. The van der Waals surface area contributed by atoms with Gasteiger partial charge in [-0.15, -0.1) is 0 Å². The fraction of sp³-hybridized carbons (Fsp3) is 0.636. The molecule has 1 aromatic heterocycles. The normalized spacial score (nSPS) is 20.1. The van der Waals surface area contributed by atoms with E-state index in [1.807, 2.05) is 27.1 Å². The summed E-state index contributed by atoms with van der Waals surface area (Å²) in [6.45, 7) is 3.82. The number of hydrogen-bond donors (Lipinski definition) is 1. The summed E-state index contributed by atoms with van der Waals surface area (Å²) in [5.41, 5.74) is 1.54. The van der Waals surface area contributed by atoms with E-state index in [2.05, 4.69) is 10.4 Å². The highest BCUT2D eigenvalue weighted by Crippen LogP contribution is 2.11. The Hall–Kier alpha value is -1.36. The van der Waals surface area contributed by atoms with Gasteiger partial charge in [-0.05, 0) is 26.0 Å². The summed E-state index contributed by atoms with van der Waals surface area (Å²) in [5, 5.41) is 7.46. The number of amides is 1. The molecule has 5 heteroatoms. The average molecular weight is 222 g/mol. The molecule has 1 aromatic rings. The van der Waals surface area contributed by atoms with Crippen molar-refractivity contribution >= 4 is 5.91 Å². The third-order valence-corrected chi connectivity index (χ3v) is 3.24. The monoisotopic (exact) mass is 222 g/mol. The van der Waals surface area contributed by atoms with E-state index in [1.165, 1.54) is 0 Å². The van der Waals surface area contributed by atoms with Crippen LogP contribution in [0, 0.1) is 6.92 Å². The van der Waals surface area contributed by atoms with Gasteiger partial charge in [0.1, 0.15) is 0 Å². The summed E-state index contributed by atoms with van der Waals surface area (Å²) in [6.07, 6.45) is 1.02. The van der Waals surface area contributed by atoms with E-state index in [1.54, 1.807) is 9.58 Å². The molecule has 1 amide bonds. The molecule has 2 heterocycles. The van der Waals surface area contributed by atoms with Gasteiger partial charge >= 0.3 is 0 Å². The van der Waals surface area contributed by atoms with E-state index < -0.39 is 0 Å². The number of hydrogen-bond acceptors (Lipinski definition) is 3. The minimum absolute atomic E-state index is 0.0115. The zero-order valence-electron chi connectivity index (χ0n) is 10.0. The highest BCUT2D eigenvalue weighted by molar-refractivity contribution is 5.92. The number of rotatable bonds is 2. The molecular weight excluding hydrogens is 204 g/mol. The summed E-state index contributed by atoms with van der Waals surface area (Å²) in [4.78, 5) is 13.9. The summed E-state index contributed by atoms with van der Waals surface area (Å²) in [5.74, 6) is 0.0115. The molecule has 1 fully saturated rings. The van der Waals surface area contributed by atoms with Crippen molar-refractivity contribution in [3.8, 4) is 0 Å². The van der Waals surface area contributed by atoms with Gasteiger partial charge in [-0.3, -0.25) is 9.48 Å². The van der Waals surface area contributed by atoms with Crippen molar-refractivity contribution < 1.29 is 4.79 Å². The third-order valence-electron chi connectivity index (χ3n) is 3.24. The molecule has 1 unspecified atom stereocenters. The number of carbonyl (C=O) groups is 1. The highest BCUT2D eigenvalue weighted by atomic mass is 16.2. The van der Waals surface area contributed by atoms with Gasteiger partial charge in [-0.25, -0.2) is 0 Å². The lowest BCUT2D eigenvalue weighted by Gasteiger charge is -2.22. The van der Waals surface area contributed by atoms with Crippen molar-refractivity contribution in [1.29, 1.82) is 0 Å². The molecule has 0 bridgehead atoms. The van der Waals surface area contributed by atoms with Gasteiger partial charge in [-0.1, -0.05) is 0 Å². The number of likely N-dealkylation sites (N-methyl/N-ethyl adjacent to an activating group) is 1. The summed E-state index contributed by atoms with van der Waals surface area (Å²) < 4.78 is 1.73. The molecule has 0 spiro atoms. The third kappa shape index (κ3) is 1.95. The Kier molecular flexibility index (Phi) is 2.96. The summed E-state index contributed by atoms with van der Waals surface area (Å²) in [7, 11) is 3.70. The van der Waals surface area contributed by atoms with E-state index in [0.717, 1.165) is 25.2 Å². The highest BCUT2D eigenvalue weighted by Gasteiger charge is 2.25. The number of aromatic nitrogens is 2. The van der Waals surface area contributed by atoms with Crippen molar-refractivity contribution in [3.63, 3.8) is 0 Å². The molecule has 2 rings (SSSR count). The van der Waals surface area contributed by atoms with Crippen molar-refractivity contribution in [2.45, 2.75) is 19.4 Å². The number of nitrogens with zero attached hydrogens (tertiary/aromatic N) is 3. The molecule has 1 aliphatic rings. The molecule has 1 N–H and O–H groups in total. The maximum absolute atomic E-state index is 12.1. The number of nitrogens with one attached hydrogen (secondary N) is 1. The van der Waals surface area contributed by atoms with Crippen LogP contribution in [-0.4, -0.2) is 46.8 Å². The van der Waals surface area contributed by atoms with Crippen LogP contribution in [0.4, 0.5) is 0 Å². The predicted molar refractivity (Wildman–Crippen MR) is 61.3 cm³/mol. The largest absolute Gasteiger partial charge is 0.336 e. The molecule has 16 heavy (non-hydrogen) atoms. The minimum Gasteiger partial charge on any atom is -0.336 e. The van der Waals surface area contributed by atoms with Gasteiger partial charge in [-0.2, -0.15) is 5.10 Å². The van der Waals surface area contributed by atoms with E-state index >= 15 is 0 Å². The summed E-state index contributed by atoms with van der Waals surface area (Å²) >= 11 is 0. The van der Waals surface area contributed by atoms with Crippen molar-refractivity contribution in [1.82, 2.24) is 20.0 Å². The Bertz CT molecular complexity index is 373. The second-order valence-corrected chi connectivity index (χ2v) is 4.36. The van der Waals surface area contributed by atoms with Gasteiger partial charge in [0.15, 0.2) is 5.69 Å². The number of aryl methyl sites for hydroxylation is 2. The van der Waals surface area contributed by atoms with E-state index in [4.69, 9.17) is 0 Å². The molecule has 0 aliphatic carbocycles. The Morgan fingerprint density at radius 1 is 1.69 bits per heavy atom. The van der Waals surface area contributed by atoms with Crippen LogP contribution in [0.5, 0.6) is 0 Å². The van der Waals surface area contributed by atoms with E-state index in [9.17, 15) is 4.79 Å². The van der Waals surface area contributed by atoms with Crippen LogP contribution in [0.3, 0.4) is 0 Å². The first-order valence-electron chi connectivity index (χ1n) is 5.58. The first-order chi connectivity index (χ1) is 7.59. The lowest BCUT2D eigenvalue weighted by Crippen LogP contribution is -2.38. The lowest BCUT2D eigenvalue weighted by atomic mass is 10.2. The van der Waals surface area contributed by atoms with Gasteiger partial charge in [0.25, 0.3) is 5.91 Å². The SMILES string of the molecule is Cc1cc(C(=O)N(C)C2CCNC2)nn1C. The number of carbonyl (C=O) groups excluding carboxylic acids is 1. The summed E-state index contributed by atoms with van der Waals surface area (Å²) in [6, 6.07) is 2.14.